The molecule has 0 saturated carbocycles. The van der Waals surface area contributed by atoms with Crippen molar-refractivity contribution < 1.29 is 14.3 Å². The van der Waals surface area contributed by atoms with Crippen LogP contribution in [0, 0.1) is 0 Å². The van der Waals surface area contributed by atoms with Crippen molar-refractivity contribution in [2.45, 2.75) is 6.42 Å². The molecule has 0 atom stereocenters. The lowest BCUT2D eigenvalue weighted by atomic mass is 10.1. The standard InChI is InChI=1S/C24H26N2O3/c27-24(29-21-10-2-1-3-11-21)26-15-7-14-25(16-17-26)18-19-28-23-13-6-9-20-8-4-5-12-22(20)23/h1-6,8-13H,7,14-19H2. The largest absolute Gasteiger partial charge is 0.492 e. The van der Waals surface area contributed by atoms with Crippen LogP contribution in [0.15, 0.2) is 72.8 Å². The molecule has 1 aliphatic rings. The first-order chi connectivity index (χ1) is 14.3. The van der Waals surface area contributed by atoms with E-state index in [1.54, 1.807) is 17.0 Å². The number of benzene rings is 3. The van der Waals surface area contributed by atoms with Gasteiger partial charge in [-0.25, -0.2) is 4.79 Å². The van der Waals surface area contributed by atoms with Gasteiger partial charge in [-0.1, -0.05) is 54.6 Å². The number of carbonyl (C=O) groups excluding carboxylic acids is 1. The maximum absolute atomic E-state index is 12.4. The lowest BCUT2D eigenvalue weighted by Gasteiger charge is -2.21. The maximum Gasteiger partial charge on any atom is 0.415 e. The minimum atomic E-state index is -0.273. The van der Waals surface area contributed by atoms with E-state index in [-0.39, 0.29) is 6.09 Å². The Balaban J connectivity index is 1.26. The van der Waals surface area contributed by atoms with E-state index in [4.69, 9.17) is 9.47 Å². The Bertz CT molecular complexity index is 940. The third-order valence-corrected chi connectivity index (χ3v) is 5.21. The number of para-hydroxylation sites is 1. The molecule has 0 aromatic heterocycles. The molecule has 4 rings (SSSR count). The molecule has 5 nitrogen and oxygen atoms in total. The van der Waals surface area contributed by atoms with Crippen LogP contribution in [0.1, 0.15) is 6.42 Å². The highest BCUT2D eigenvalue weighted by Crippen LogP contribution is 2.25. The Morgan fingerprint density at radius 2 is 1.62 bits per heavy atom. The summed E-state index contributed by atoms with van der Waals surface area (Å²) in [7, 11) is 0. The van der Waals surface area contributed by atoms with Gasteiger partial charge < -0.3 is 14.4 Å². The third kappa shape index (κ3) is 5.06. The molecule has 1 saturated heterocycles. The van der Waals surface area contributed by atoms with Crippen molar-refractivity contribution in [3.63, 3.8) is 0 Å². The van der Waals surface area contributed by atoms with E-state index >= 15 is 0 Å². The Morgan fingerprint density at radius 1 is 0.828 bits per heavy atom. The lowest BCUT2D eigenvalue weighted by molar-refractivity contribution is 0.152. The van der Waals surface area contributed by atoms with Crippen LogP contribution in [0.4, 0.5) is 4.79 Å². The van der Waals surface area contributed by atoms with E-state index in [2.05, 4.69) is 23.1 Å². The van der Waals surface area contributed by atoms with Gasteiger partial charge in [0, 0.05) is 38.1 Å². The molecule has 0 aliphatic carbocycles. The van der Waals surface area contributed by atoms with Crippen molar-refractivity contribution in [2.24, 2.45) is 0 Å². The lowest BCUT2D eigenvalue weighted by Crippen LogP contribution is -2.37. The summed E-state index contributed by atoms with van der Waals surface area (Å²) < 4.78 is 11.5. The van der Waals surface area contributed by atoms with Crippen LogP contribution in [0.25, 0.3) is 10.8 Å². The van der Waals surface area contributed by atoms with Crippen LogP contribution in [-0.2, 0) is 0 Å². The van der Waals surface area contributed by atoms with Gasteiger partial charge in [-0.05, 0) is 30.0 Å². The zero-order valence-corrected chi connectivity index (χ0v) is 16.5. The Labute approximate surface area is 171 Å². The molecule has 1 aliphatic heterocycles. The molecule has 0 N–H and O–H groups in total. The monoisotopic (exact) mass is 390 g/mol. The number of amides is 1. The topological polar surface area (TPSA) is 42.0 Å². The smallest absolute Gasteiger partial charge is 0.415 e. The molecule has 1 amide bonds. The summed E-state index contributed by atoms with van der Waals surface area (Å²) in [6.45, 7) is 4.62. The van der Waals surface area contributed by atoms with Crippen molar-refractivity contribution in [1.29, 1.82) is 0 Å². The number of carbonyl (C=O) groups is 1. The highest BCUT2D eigenvalue weighted by molar-refractivity contribution is 5.88. The summed E-state index contributed by atoms with van der Waals surface area (Å²) in [4.78, 5) is 16.5. The minimum absolute atomic E-state index is 0.273. The van der Waals surface area contributed by atoms with E-state index in [1.165, 1.54) is 5.39 Å². The van der Waals surface area contributed by atoms with Crippen LogP contribution >= 0.6 is 0 Å². The summed E-state index contributed by atoms with van der Waals surface area (Å²) >= 11 is 0. The predicted octanol–water partition coefficient (Wildman–Crippen LogP) is 4.43. The molecule has 150 valence electrons. The van der Waals surface area contributed by atoms with E-state index in [1.807, 2.05) is 42.5 Å². The molecule has 1 heterocycles. The van der Waals surface area contributed by atoms with E-state index in [0.29, 0.717) is 25.4 Å². The second kappa shape index (κ2) is 9.43. The van der Waals surface area contributed by atoms with Gasteiger partial charge >= 0.3 is 6.09 Å². The van der Waals surface area contributed by atoms with Gasteiger partial charge in [-0.15, -0.1) is 0 Å². The van der Waals surface area contributed by atoms with Gasteiger partial charge in [-0.3, -0.25) is 4.90 Å². The molecule has 1 fully saturated rings. The number of hydrogen-bond acceptors (Lipinski definition) is 4. The normalized spacial score (nSPS) is 15.1. The summed E-state index contributed by atoms with van der Waals surface area (Å²) in [6.07, 6.45) is 0.656. The van der Waals surface area contributed by atoms with Crippen molar-refractivity contribution >= 4 is 16.9 Å². The second-order valence-electron chi connectivity index (χ2n) is 7.19. The number of nitrogens with zero attached hydrogens (tertiary/aromatic N) is 2. The molecule has 3 aromatic rings. The van der Waals surface area contributed by atoms with Crippen molar-refractivity contribution in [2.75, 3.05) is 39.3 Å². The average molecular weight is 390 g/mol. The fourth-order valence-corrected chi connectivity index (χ4v) is 3.64. The molecular formula is C24H26N2O3. The van der Waals surface area contributed by atoms with Gasteiger partial charge in [0.05, 0.1) is 0 Å². The Morgan fingerprint density at radius 3 is 2.52 bits per heavy atom. The fourth-order valence-electron chi connectivity index (χ4n) is 3.64. The predicted molar refractivity (Wildman–Crippen MR) is 115 cm³/mol. The first-order valence-corrected chi connectivity index (χ1v) is 10.1. The number of ether oxygens (including phenoxy) is 2. The van der Waals surface area contributed by atoms with Crippen molar-refractivity contribution in [3.05, 3.63) is 72.8 Å². The van der Waals surface area contributed by atoms with Gasteiger partial charge in [0.15, 0.2) is 0 Å². The van der Waals surface area contributed by atoms with Crippen LogP contribution in [0.2, 0.25) is 0 Å². The second-order valence-corrected chi connectivity index (χ2v) is 7.19. The van der Waals surface area contributed by atoms with Crippen molar-refractivity contribution in [3.8, 4) is 11.5 Å². The Kier molecular flexibility index (Phi) is 6.27. The maximum atomic E-state index is 12.4. The van der Waals surface area contributed by atoms with Gasteiger partial charge in [0.25, 0.3) is 0 Å². The minimum Gasteiger partial charge on any atom is -0.492 e. The molecule has 29 heavy (non-hydrogen) atoms. The fraction of sp³-hybridized carbons (Fsp3) is 0.292. The van der Waals surface area contributed by atoms with Gasteiger partial charge in [0.1, 0.15) is 18.1 Å². The van der Waals surface area contributed by atoms with Crippen LogP contribution in [0.5, 0.6) is 11.5 Å². The highest BCUT2D eigenvalue weighted by Gasteiger charge is 2.20. The molecule has 0 unspecified atom stereocenters. The molecule has 5 heteroatoms. The summed E-state index contributed by atoms with van der Waals surface area (Å²) in [6, 6.07) is 23.6. The summed E-state index contributed by atoms with van der Waals surface area (Å²) in [5, 5.41) is 2.33. The first-order valence-electron chi connectivity index (χ1n) is 10.1. The molecule has 0 bridgehead atoms. The zero-order valence-electron chi connectivity index (χ0n) is 16.5. The zero-order chi connectivity index (χ0) is 19.9. The molecular weight excluding hydrogens is 364 g/mol. The first kappa shape index (κ1) is 19.3. The summed E-state index contributed by atoms with van der Waals surface area (Å²) in [5.74, 6) is 1.51. The highest BCUT2D eigenvalue weighted by atomic mass is 16.6. The number of hydrogen-bond donors (Lipinski definition) is 0. The van der Waals surface area contributed by atoms with E-state index in [9.17, 15) is 4.79 Å². The van der Waals surface area contributed by atoms with Gasteiger partial charge in [0.2, 0.25) is 0 Å². The van der Waals surface area contributed by atoms with Crippen molar-refractivity contribution in [1.82, 2.24) is 9.80 Å². The van der Waals surface area contributed by atoms with Crippen LogP contribution < -0.4 is 9.47 Å². The average Bonchev–Trinajstić information content (AvgIpc) is 3.00. The number of rotatable bonds is 5. The van der Waals surface area contributed by atoms with E-state index in [0.717, 1.165) is 37.2 Å². The van der Waals surface area contributed by atoms with Crippen LogP contribution in [-0.4, -0.2) is 55.2 Å². The van der Waals surface area contributed by atoms with Gasteiger partial charge in [-0.2, -0.15) is 0 Å². The molecule has 3 aromatic carbocycles. The SMILES string of the molecule is O=C(Oc1ccccc1)N1CCCN(CCOc2cccc3ccccc23)CC1. The number of fused-ring (bicyclic) bond motifs is 1. The molecule has 0 radical (unpaired) electrons. The molecule has 0 spiro atoms. The quantitative estimate of drug-likeness (QED) is 0.647. The van der Waals surface area contributed by atoms with E-state index < -0.39 is 0 Å². The van der Waals surface area contributed by atoms with Crippen LogP contribution in [0.3, 0.4) is 0 Å². The Hall–Kier alpha value is -3.05. The summed E-state index contributed by atoms with van der Waals surface area (Å²) in [5.41, 5.74) is 0. The third-order valence-electron chi connectivity index (χ3n) is 5.21.